The lowest BCUT2D eigenvalue weighted by molar-refractivity contribution is 0.214. The monoisotopic (exact) mass is 266 g/mol. The molecule has 0 spiro atoms. The third-order valence-electron chi connectivity index (χ3n) is 2.68. The van der Waals surface area contributed by atoms with Gasteiger partial charge in [-0.2, -0.15) is 0 Å². The first-order valence-electron chi connectivity index (χ1n) is 5.39. The minimum Gasteiger partial charge on any atom is -0.384 e. The van der Waals surface area contributed by atoms with Crippen molar-refractivity contribution in [3.63, 3.8) is 0 Å². The van der Waals surface area contributed by atoms with Crippen LogP contribution in [-0.2, 0) is 0 Å². The third kappa shape index (κ3) is 2.71. The molecule has 0 saturated heterocycles. The predicted octanol–water partition coefficient (Wildman–Crippen LogP) is 3.77. The topological polar surface area (TPSA) is 20.2 Å². The van der Waals surface area contributed by atoms with Gasteiger partial charge in [-0.05, 0) is 42.2 Å². The number of hydrogen-bond acceptors (Lipinski definition) is 2. The van der Waals surface area contributed by atoms with Gasteiger partial charge >= 0.3 is 0 Å². The molecule has 1 nitrogen and oxygen atoms in total. The number of halogens is 2. The number of rotatable bonds is 3. The van der Waals surface area contributed by atoms with Gasteiger partial charge in [-0.1, -0.05) is 12.1 Å². The SMILES string of the molecule is CSc1ccc(C(O)c2cc(F)ccc2F)cc1. The van der Waals surface area contributed by atoms with E-state index < -0.39 is 17.7 Å². The van der Waals surface area contributed by atoms with Gasteiger partial charge in [0.05, 0.1) is 0 Å². The maximum absolute atomic E-state index is 13.5. The summed E-state index contributed by atoms with van der Waals surface area (Å²) >= 11 is 1.57. The smallest absolute Gasteiger partial charge is 0.129 e. The molecule has 0 aliphatic heterocycles. The summed E-state index contributed by atoms with van der Waals surface area (Å²) in [5.41, 5.74) is 0.490. The lowest BCUT2D eigenvalue weighted by Gasteiger charge is -2.13. The predicted molar refractivity (Wildman–Crippen MR) is 68.6 cm³/mol. The Hall–Kier alpha value is -1.39. The molecule has 94 valence electrons. The van der Waals surface area contributed by atoms with Crippen LogP contribution in [0.3, 0.4) is 0 Å². The maximum atomic E-state index is 13.5. The summed E-state index contributed by atoms with van der Waals surface area (Å²) in [7, 11) is 0. The van der Waals surface area contributed by atoms with Crippen molar-refractivity contribution in [3.05, 3.63) is 65.2 Å². The van der Waals surface area contributed by atoms with Gasteiger partial charge in [0.2, 0.25) is 0 Å². The minimum absolute atomic E-state index is 0.0492. The third-order valence-corrected chi connectivity index (χ3v) is 3.43. The molecule has 4 heteroatoms. The summed E-state index contributed by atoms with van der Waals surface area (Å²) in [6.07, 6.45) is 0.786. The molecule has 0 radical (unpaired) electrons. The maximum Gasteiger partial charge on any atom is 0.129 e. The van der Waals surface area contributed by atoms with Crippen molar-refractivity contribution < 1.29 is 13.9 Å². The van der Waals surface area contributed by atoms with Gasteiger partial charge in [-0.25, -0.2) is 8.78 Å². The summed E-state index contributed by atoms with van der Waals surface area (Å²) in [6.45, 7) is 0. The second-order valence-electron chi connectivity index (χ2n) is 3.84. The van der Waals surface area contributed by atoms with Gasteiger partial charge in [0.1, 0.15) is 17.7 Å². The van der Waals surface area contributed by atoms with Crippen molar-refractivity contribution in [1.82, 2.24) is 0 Å². The van der Waals surface area contributed by atoms with Gasteiger partial charge in [-0.3, -0.25) is 0 Å². The van der Waals surface area contributed by atoms with Crippen LogP contribution in [0.5, 0.6) is 0 Å². The highest BCUT2D eigenvalue weighted by atomic mass is 32.2. The fourth-order valence-corrected chi connectivity index (χ4v) is 2.10. The first-order valence-corrected chi connectivity index (χ1v) is 6.61. The van der Waals surface area contributed by atoms with Crippen molar-refractivity contribution in [2.24, 2.45) is 0 Å². The zero-order chi connectivity index (χ0) is 13.1. The van der Waals surface area contributed by atoms with E-state index in [-0.39, 0.29) is 5.56 Å². The van der Waals surface area contributed by atoms with Crippen LogP contribution in [0.25, 0.3) is 0 Å². The summed E-state index contributed by atoms with van der Waals surface area (Å²) in [6, 6.07) is 10.2. The van der Waals surface area contributed by atoms with E-state index in [4.69, 9.17) is 0 Å². The molecule has 0 aliphatic carbocycles. The average molecular weight is 266 g/mol. The Morgan fingerprint density at radius 2 is 1.72 bits per heavy atom. The van der Waals surface area contributed by atoms with E-state index in [1.807, 2.05) is 18.4 Å². The van der Waals surface area contributed by atoms with Crippen LogP contribution in [-0.4, -0.2) is 11.4 Å². The van der Waals surface area contributed by atoms with Crippen LogP contribution in [0.15, 0.2) is 47.4 Å². The summed E-state index contributed by atoms with van der Waals surface area (Å²) in [4.78, 5) is 1.05. The van der Waals surface area contributed by atoms with Gasteiger partial charge in [0, 0.05) is 10.5 Å². The Balaban J connectivity index is 2.34. The normalized spacial score (nSPS) is 12.4. The molecule has 1 atom stereocenters. The van der Waals surface area contributed by atoms with Crippen LogP contribution in [0.1, 0.15) is 17.2 Å². The van der Waals surface area contributed by atoms with E-state index >= 15 is 0 Å². The van der Waals surface area contributed by atoms with Crippen LogP contribution >= 0.6 is 11.8 Å². The van der Waals surface area contributed by atoms with Crippen molar-refractivity contribution >= 4 is 11.8 Å². The fraction of sp³-hybridized carbons (Fsp3) is 0.143. The zero-order valence-electron chi connectivity index (χ0n) is 9.73. The highest BCUT2D eigenvalue weighted by Crippen LogP contribution is 2.26. The van der Waals surface area contributed by atoms with E-state index in [1.54, 1.807) is 23.9 Å². The Morgan fingerprint density at radius 1 is 1.06 bits per heavy atom. The van der Waals surface area contributed by atoms with Gasteiger partial charge < -0.3 is 5.11 Å². The molecule has 2 aromatic carbocycles. The van der Waals surface area contributed by atoms with Crippen LogP contribution in [0, 0.1) is 11.6 Å². The molecule has 0 amide bonds. The lowest BCUT2D eigenvalue weighted by atomic mass is 10.0. The molecule has 1 N–H and O–H groups in total. The first-order chi connectivity index (χ1) is 8.61. The van der Waals surface area contributed by atoms with Crippen molar-refractivity contribution in [2.45, 2.75) is 11.0 Å². The van der Waals surface area contributed by atoms with E-state index in [0.717, 1.165) is 23.1 Å². The Morgan fingerprint density at radius 3 is 2.33 bits per heavy atom. The molecule has 18 heavy (non-hydrogen) atoms. The van der Waals surface area contributed by atoms with Crippen LogP contribution in [0.4, 0.5) is 8.78 Å². The van der Waals surface area contributed by atoms with Crippen LogP contribution in [0.2, 0.25) is 0 Å². The van der Waals surface area contributed by atoms with E-state index in [2.05, 4.69) is 0 Å². The lowest BCUT2D eigenvalue weighted by Crippen LogP contribution is -2.03. The van der Waals surface area contributed by atoms with Crippen molar-refractivity contribution in [1.29, 1.82) is 0 Å². The van der Waals surface area contributed by atoms with Gasteiger partial charge in [-0.15, -0.1) is 11.8 Å². The second kappa shape index (κ2) is 5.50. The number of thioether (sulfide) groups is 1. The molecule has 2 aromatic rings. The van der Waals surface area contributed by atoms with Crippen LogP contribution < -0.4 is 0 Å². The Kier molecular flexibility index (Phi) is 3.99. The summed E-state index contributed by atoms with van der Waals surface area (Å²) < 4.78 is 26.6. The molecule has 0 fully saturated rings. The quantitative estimate of drug-likeness (QED) is 0.853. The first kappa shape index (κ1) is 13.1. The van der Waals surface area contributed by atoms with E-state index in [9.17, 15) is 13.9 Å². The Bertz CT molecular complexity index is 540. The molecule has 0 bridgehead atoms. The number of benzene rings is 2. The molecule has 0 heterocycles. The molecule has 1 unspecified atom stereocenters. The molecule has 0 aliphatic rings. The van der Waals surface area contributed by atoms with Crippen molar-refractivity contribution in [2.75, 3.05) is 6.26 Å². The number of hydrogen-bond donors (Lipinski definition) is 1. The van der Waals surface area contributed by atoms with Crippen molar-refractivity contribution in [3.8, 4) is 0 Å². The highest BCUT2D eigenvalue weighted by Gasteiger charge is 2.15. The molecule has 2 rings (SSSR count). The minimum atomic E-state index is -1.16. The number of aliphatic hydroxyl groups is 1. The Labute approximate surface area is 108 Å². The molecular formula is C14H12F2OS. The van der Waals surface area contributed by atoms with Gasteiger partial charge in [0.15, 0.2) is 0 Å². The second-order valence-corrected chi connectivity index (χ2v) is 4.72. The highest BCUT2D eigenvalue weighted by molar-refractivity contribution is 7.98. The van der Waals surface area contributed by atoms with Gasteiger partial charge in [0.25, 0.3) is 0 Å². The summed E-state index contributed by atoms with van der Waals surface area (Å²) in [5.74, 6) is -1.18. The van der Waals surface area contributed by atoms with E-state index in [1.165, 1.54) is 0 Å². The largest absolute Gasteiger partial charge is 0.384 e. The zero-order valence-corrected chi connectivity index (χ0v) is 10.5. The fourth-order valence-electron chi connectivity index (χ4n) is 1.69. The molecule has 0 aromatic heterocycles. The average Bonchev–Trinajstić information content (AvgIpc) is 2.41. The summed E-state index contributed by atoms with van der Waals surface area (Å²) in [5, 5.41) is 10.0. The van der Waals surface area contributed by atoms with E-state index in [0.29, 0.717) is 5.56 Å². The standard InChI is InChI=1S/C14H12F2OS/c1-18-11-5-2-9(3-6-11)14(17)12-8-10(15)4-7-13(12)16/h2-8,14,17H,1H3. The molecular weight excluding hydrogens is 254 g/mol. The number of aliphatic hydroxyl groups excluding tert-OH is 1. The molecule has 0 saturated carbocycles.